The first-order valence-corrected chi connectivity index (χ1v) is 13.5. The number of carbonyl (C=O) groups excluding carboxylic acids is 1. The van der Waals surface area contributed by atoms with Crippen molar-refractivity contribution in [3.05, 3.63) is 71.4 Å². The van der Waals surface area contributed by atoms with Crippen molar-refractivity contribution in [1.29, 1.82) is 5.26 Å². The van der Waals surface area contributed by atoms with E-state index in [9.17, 15) is 4.79 Å². The first kappa shape index (κ1) is 23.6. The van der Waals surface area contributed by atoms with E-state index in [1.807, 2.05) is 35.0 Å². The zero-order valence-electron chi connectivity index (χ0n) is 18.5. The quantitative estimate of drug-likeness (QED) is 0.179. The Labute approximate surface area is 206 Å². The molecule has 8 heteroatoms. The van der Waals surface area contributed by atoms with Crippen LogP contribution in [0.1, 0.15) is 47.7 Å². The number of aromatic nitrogens is 3. The van der Waals surface area contributed by atoms with Crippen LogP contribution in [0.15, 0.2) is 63.4 Å². The van der Waals surface area contributed by atoms with Gasteiger partial charge >= 0.3 is 0 Å². The molecule has 0 fully saturated rings. The van der Waals surface area contributed by atoms with Gasteiger partial charge in [0.1, 0.15) is 0 Å². The number of thioether (sulfide) groups is 2. The number of aryl methyl sites for hydroxylation is 1. The summed E-state index contributed by atoms with van der Waals surface area (Å²) in [7, 11) is 0. The highest BCUT2D eigenvalue weighted by molar-refractivity contribution is 8.03. The van der Waals surface area contributed by atoms with Crippen molar-refractivity contribution in [2.24, 2.45) is 0 Å². The van der Waals surface area contributed by atoms with Crippen molar-refractivity contribution < 1.29 is 4.79 Å². The van der Waals surface area contributed by atoms with Gasteiger partial charge < -0.3 is 4.57 Å². The van der Waals surface area contributed by atoms with Gasteiger partial charge in [-0.25, -0.2) is 0 Å². The molecule has 4 rings (SSSR count). The Morgan fingerprint density at radius 2 is 1.82 bits per heavy atom. The first-order chi connectivity index (χ1) is 16.0. The Balaban J connectivity index is 1.35. The van der Waals surface area contributed by atoms with Gasteiger partial charge in [0.25, 0.3) is 0 Å². The van der Waals surface area contributed by atoms with Crippen LogP contribution in [0.4, 0.5) is 0 Å². The number of hydrogen-bond donors (Lipinski definition) is 0. The van der Waals surface area contributed by atoms with Gasteiger partial charge in [-0.15, -0.1) is 10.2 Å². The standard InChI is InChI=1S/C25H24N4OS3/c1-17(2)19-10-8-18(9-11-19)15-31-24-27-28-25(33-24)32-16-23(30)21-14-29(13-5-12-26)22-7-4-3-6-20(21)22/h3-4,6-11,14,17H,5,13,15-16H2,1-2H3. The summed E-state index contributed by atoms with van der Waals surface area (Å²) < 4.78 is 3.70. The second-order valence-corrected chi connectivity index (χ2v) is 11.3. The maximum Gasteiger partial charge on any atom is 0.175 e. The summed E-state index contributed by atoms with van der Waals surface area (Å²) in [4.78, 5) is 13.0. The highest BCUT2D eigenvalue weighted by atomic mass is 32.2. The molecule has 33 heavy (non-hydrogen) atoms. The second-order valence-electron chi connectivity index (χ2n) is 7.89. The van der Waals surface area contributed by atoms with Crippen LogP contribution in [0.3, 0.4) is 0 Å². The number of fused-ring (bicyclic) bond motifs is 1. The molecule has 0 amide bonds. The molecular weight excluding hydrogens is 469 g/mol. The molecule has 4 aromatic rings. The predicted molar refractivity (Wildman–Crippen MR) is 137 cm³/mol. The van der Waals surface area contributed by atoms with Crippen molar-refractivity contribution in [3.8, 4) is 6.07 Å². The fourth-order valence-corrected chi connectivity index (χ4v) is 6.35. The van der Waals surface area contributed by atoms with Crippen LogP contribution >= 0.6 is 34.9 Å². The highest BCUT2D eigenvalue weighted by Gasteiger charge is 2.16. The molecule has 2 aromatic heterocycles. The fourth-order valence-electron chi connectivity index (χ4n) is 3.49. The minimum Gasteiger partial charge on any atom is -0.346 e. The van der Waals surface area contributed by atoms with Crippen LogP contribution in [0.2, 0.25) is 0 Å². The molecule has 0 atom stereocenters. The maximum absolute atomic E-state index is 13.0. The van der Waals surface area contributed by atoms with E-state index in [1.54, 1.807) is 11.8 Å². The van der Waals surface area contributed by atoms with Gasteiger partial charge in [-0.05, 0) is 23.1 Å². The van der Waals surface area contributed by atoms with Gasteiger partial charge in [-0.1, -0.05) is 91.2 Å². The van der Waals surface area contributed by atoms with Crippen LogP contribution in [-0.2, 0) is 12.3 Å². The summed E-state index contributed by atoms with van der Waals surface area (Å²) in [6, 6.07) is 18.7. The van der Waals surface area contributed by atoms with Crippen molar-refractivity contribution in [1.82, 2.24) is 14.8 Å². The summed E-state index contributed by atoms with van der Waals surface area (Å²) >= 11 is 4.62. The predicted octanol–water partition coefficient (Wildman–Crippen LogP) is 6.80. The third kappa shape index (κ3) is 5.85. The number of benzene rings is 2. The smallest absolute Gasteiger partial charge is 0.175 e. The van der Waals surface area contributed by atoms with E-state index in [2.05, 4.69) is 54.4 Å². The minimum absolute atomic E-state index is 0.0570. The van der Waals surface area contributed by atoms with E-state index < -0.39 is 0 Å². The lowest BCUT2D eigenvalue weighted by molar-refractivity contribution is 0.102. The van der Waals surface area contributed by atoms with Gasteiger partial charge in [-0.3, -0.25) is 4.79 Å². The molecule has 168 valence electrons. The third-order valence-electron chi connectivity index (χ3n) is 5.28. The molecule has 0 saturated heterocycles. The van der Waals surface area contributed by atoms with Crippen LogP contribution in [0.25, 0.3) is 10.9 Å². The number of hydrogen-bond acceptors (Lipinski definition) is 7. The van der Waals surface area contributed by atoms with E-state index in [-0.39, 0.29) is 5.78 Å². The molecule has 0 spiro atoms. The van der Waals surface area contributed by atoms with Gasteiger partial charge in [0.15, 0.2) is 14.5 Å². The lowest BCUT2D eigenvalue weighted by Crippen LogP contribution is -2.02. The van der Waals surface area contributed by atoms with Crippen LogP contribution in [-0.4, -0.2) is 26.3 Å². The SMILES string of the molecule is CC(C)c1ccc(CSc2nnc(SCC(=O)c3cn(CCC#N)c4ccccc34)s2)cc1. The van der Waals surface area contributed by atoms with Crippen molar-refractivity contribution in [3.63, 3.8) is 0 Å². The van der Waals surface area contributed by atoms with E-state index in [1.165, 1.54) is 34.2 Å². The van der Waals surface area contributed by atoms with Crippen molar-refractivity contribution in [2.45, 2.75) is 47.2 Å². The van der Waals surface area contributed by atoms with E-state index >= 15 is 0 Å². The van der Waals surface area contributed by atoms with Crippen LogP contribution in [0.5, 0.6) is 0 Å². The summed E-state index contributed by atoms with van der Waals surface area (Å²) in [6.45, 7) is 4.97. The Kier molecular flexibility index (Phi) is 7.86. The Morgan fingerprint density at radius 3 is 2.55 bits per heavy atom. The number of rotatable bonds is 10. The van der Waals surface area contributed by atoms with Gasteiger partial charge in [0.2, 0.25) is 0 Å². The second kappa shape index (κ2) is 11.0. The Hall–Kier alpha value is -2.60. The molecule has 0 N–H and O–H groups in total. The molecule has 0 saturated carbocycles. The fraction of sp³-hybridized carbons (Fsp3) is 0.280. The number of ketones is 1. The van der Waals surface area contributed by atoms with Gasteiger partial charge in [0, 0.05) is 35.0 Å². The summed E-state index contributed by atoms with van der Waals surface area (Å²) in [5, 5.41) is 18.4. The monoisotopic (exact) mass is 492 g/mol. The maximum atomic E-state index is 13.0. The van der Waals surface area contributed by atoms with Crippen molar-refractivity contribution in [2.75, 3.05) is 5.75 Å². The Morgan fingerprint density at radius 1 is 1.09 bits per heavy atom. The molecule has 0 bridgehead atoms. The lowest BCUT2D eigenvalue weighted by atomic mass is 10.0. The Bertz CT molecular complexity index is 1290. The number of nitriles is 1. The highest BCUT2D eigenvalue weighted by Crippen LogP contribution is 2.32. The summed E-state index contributed by atoms with van der Waals surface area (Å²) in [5.41, 5.74) is 4.28. The third-order valence-corrected chi connectivity index (χ3v) is 8.54. The van der Waals surface area contributed by atoms with E-state index in [4.69, 9.17) is 5.26 Å². The average Bonchev–Trinajstić information content (AvgIpc) is 3.45. The normalized spacial score (nSPS) is 11.2. The van der Waals surface area contributed by atoms with Crippen LogP contribution in [0, 0.1) is 11.3 Å². The zero-order chi connectivity index (χ0) is 23.2. The van der Waals surface area contributed by atoms with E-state index in [0.717, 1.165) is 25.3 Å². The zero-order valence-corrected chi connectivity index (χ0v) is 21.0. The van der Waals surface area contributed by atoms with Crippen molar-refractivity contribution >= 4 is 51.5 Å². The molecule has 0 radical (unpaired) electrons. The summed E-state index contributed by atoms with van der Waals surface area (Å²) in [6.07, 6.45) is 2.28. The molecule has 0 unspecified atom stereocenters. The first-order valence-electron chi connectivity index (χ1n) is 10.7. The molecule has 0 aliphatic heterocycles. The molecule has 5 nitrogen and oxygen atoms in total. The van der Waals surface area contributed by atoms with Gasteiger partial charge in [-0.2, -0.15) is 5.26 Å². The molecule has 0 aliphatic carbocycles. The lowest BCUT2D eigenvalue weighted by Gasteiger charge is -2.05. The topological polar surface area (TPSA) is 71.6 Å². The summed E-state index contributed by atoms with van der Waals surface area (Å²) in [5.74, 6) is 1.74. The average molecular weight is 493 g/mol. The van der Waals surface area contributed by atoms with Gasteiger partial charge in [0.05, 0.1) is 18.2 Å². The van der Waals surface area contributed by atoms with Crippen LogP contribution < -0.4 is 0 Å². The minimum atomic E-state index is 0.0570. The molecular formula is C25H24N4OS3. The molecule has 2 aromatic carbocycles. The molecule has 0 aliphatic rings. The van der Waals surface area contributed by atoms with E-state index in [0.29, 0.717) is 30.2 Å². The largest absolute Gasteiger partial charge is 0.346 e. The number of carbonyl (C=O) groups is 1. The number of nitrogens with zero attached hydrogens (tertiary/aromatic N) is 4. The number of Topliss-reactive ketones (excluding diaryl/α,β-unsaturated/α-hetero) is 1. The number of para-hydroxylation sites is 1. The molecule has 2 heterocycles.